The van der Waals surface area contributed by atoms with E-state index in [9.17, 15) is 24.0 Å². The molecule has 1 fully saturated rings. The van der Waals surface area contributed by atoms with Gasteiger partial charge < -0.3 is 10.1 Å². The summed E-state index contributed by atoms with van der Waals surface area (Å²) in [6, 6.07) is 23.0. The fraction of sp³-hybridized carbons (Fsp3) is 0.176. The van der Waals surface area contributed by atoms with Crippen molar-refractivity contribution in [3.8, 4) is 0 Å². The predicted octanol–water partition coefficient (Wildman–Crippen LogP) is 5.07. The van der Waals surface area contributed by atoms with E-state index in [1.54, 1.807) is 43.6 Å². The number of carbonyl (C=O) groups is 4. The van der Waals surface area contributed by atoms with Crippen LogP contribution in [0.5, 0.6) is 0 Å². The van der Waals surface area contributed by atoms with Crippen LogP contribution in [0.2, 0.25) is 0 Å². The molecule has 3 atom stereocenters. The molecule has 0 radical (unpaired) electrons. The number of ether oxygens (including phenoxy) is 1. The fourth-order valence-corrected chi connectivity index (χ4v) is 8.83. The minimum absolute atomic E-state index is 0.222. The summed E-state index contributed by atoms with van der Waals surface area (Å²) in [4.78, 5) is 72.7. The zero-order valence-electron chi connectivity index (χ0n) is 24.4. The Labute approximate surface area is 271 Å². The average Bonchev–Trinajstić information content (AvgIpc) is 3.51. The molecule has 0 aliphatic carbocycles. The van der Waals surface area contributed by atoms with Gasteiger partial charge in [0, 0.05) is 34.3 Å². The Kier molecular flexibility index (Phi) is 7.75. The number of nitrogens with one attached hydrogen (secondary N) is 1. The summed E-state index contributed by atoms with van der Waals surface area (Å²) in [5, 5.41) is 4.41. The largest absolute Gasteiger partial charge is 0.462 e. The van der Waals surface area contributed by atoms with Gasteiger partial charge in [-0.2, -0.15) is 0 Å². The van der Waals surface area contributed by atoms with Crippen LogP contribution in [-0.4, -0.2) is 45.1 Å². The molecule has 7 rings (SSSR count). The second-order valence-corrected chi connectivity index (χ2v) is 12.9. The maximum absolute atomic E-state index is 14.1. The smallest absolute Gasteiger partial charge is 0.338 e. The monoisotopic (exact) mass is 650 g/mol. The van der Waals surface area contributed by atoms with Gasteiger partial charge in [-0.05, 0) is 54.3 Å². The topological polar surface area (TPSA) is 128 Å². The van der Waals surface area contributed by atoms with Crippen molar-refractivity contribution >= 4 is 68.9 Å². The lowest BCUT2D eigenvalue weighted by Gasteiger charge is -2.30. The molecule has 2 aromatic heterocycles. The van der Waals surface area contributed by atoms with Crippen molar-refractivity contribution in [2.75, 3.05) is 16.8 Å². The van der Waals surface area contributed by atoms with Gasteiger partial charge >= 0.3 is 10.8 Å². The molecule has 230 valence electrons. The molecular formula is C34H26N4O6S2. The van der Waals surface area contributed by atoms with E-state index in [1.807, 2.05) is 42.5 Å². The molecule has 2 aliphatic rings. The van der Waals surface area contributed by atoms with Crippen LogP contribution in [0.1, 0.15) is 33.6 Å². The highest BCUT2D eigenvalue weighted by molar-refractivity contribution is 8.00. The highest BCUT2D eigenvalue weighted by Gasteiger charge is 2.57. The molecule has 3 amide bonds. The molecule has 46 heavy (non-hydrogen) atoms. The quantitative estimate of drug-likeness (QED) is 0.191. The van der Waals surface area contributed by atoms with Crippen LogP contribution in [0.25, 0.3) is 10.8 Å². The molecule has 0 bridgehead atoms. The maximum atomic E-state index is 14.1. The lowest BCUT2D eigenvalue weighted by Crippen LogP contribution is -2.33. The first-order valence-electron chi connectivity index (χ1n) is 14.6. The highest BCUT2D eigenvalue weighted by atomic mass is 32.2. The van der Waals surface area contributed by atoms with Crippen LogP contribution in [0.3, 0.4) is 0 Å². The number of pyridine rings is 1. The Morgan fingerprint density at radius 3 is 2.48 bits per heavy atom. The number of aromatic nitrogens is 2. The van der Waals surface area contributed by atoms with E-state index in [0.717, 1.165) is 38.8 Å². The lowest BCUT2D eigenvalue weighted by molar-refractivity contribution is -0.122. The minimum atomic E-state index is -0.851. The molecule has 1 saturated heterocycles. The van der Waals surface area contributed by atoms with E-state index in [1.165, 1.54) is 16.7 Å². The summed E-state index contributed by atoms with van der Waals surface area (Å²) < 4.78 is 6.44. The highest BCUT2D eigenvalue weighted by Crippen LogP contribution is 2.53. The van der Waals surface area contributed by atoms with Gasteiger partial charge in [0.1, 0.15) is 11.8 Å². The molecule has 12 heteroatoms. The number of imide groups is 1. The molecule has 0 saturated carbocycles. The Hall–Kier alpha value is -5.07. The molecule has 2 aliphatic heterocycles. The predicted molar refractivity (Wildman–Crippen MR) is 175 cm³/mol. The van der Waals surface area contributed by atoms with Crippen molar-refractivity contribution in [2.45, 2.75) is 29.7 Å². The first-order chi connectivity index (χ1) is 22.4. The number of benzene rings is 3. The molecular weight excluding hydrogens is 625 g/mol. The lowest BCUT2D eigenvalue weighted by atomic mass is 9.84. The zero-order valence-corrected chi connectivity index (χ0v) is 26.0. The molecule has 0 unspecified atom stereocenters. The molecule has 0 spiro atoms. The van der Waals surface area contributed by atoms with Crippen LogP contribution in [0.15, 0.2) is 101 Å². The van der Waals surface area contributed by atoms with E-state index < -0.39 is 40.8 Å². The van der Waals surface area contributed by atoms with E-state index in [4.69, 9.17) is 4.74 Å². The third-order valence-electron chi connectivity index (χ3n) is 8.09. The number of hydrogen-bond donors (Lipinski definition) is 1. The van der Waals surface area contributed by atoms with Crippen LogP contribution in [0.4, 0.5) is 11.4 Å². The number of anilines is 2. The summed E-state index contributed by atoms with van der Waals surface area (Å²) >= 11 is 2.11. The van der Waals surface area contributed by atoms with Crippen molar-refractivity contribution in [2.24, 2.45) is 5.92 Å². The van der Waals surface area contributed by atoms with Crippen molar-refractivity contribution in [1.29, 1.82) is 0 Å². The number of carbonyl (C=O) groups excluding carboxylic acids is 4. The number of thioether (sulfide) groups is 1. The SMILES string of the molecule is CCOC(=O)c1ccc(N2C(=O)[C@H]3[C@H](c4cccnc4)c4sc(=O)n(CC(=O)Nc5cccc6ccccc56)c4S[C@H]3C2=O)cc1. The molecule has 5 aromatic rings. The summed E-state index contributed by atoms with van der Waals surface area (Å²) in [6.45, 7) is 1.67. The standard InChI is InChI=1S/C34H26N4O6S2/c1-2-44-33(42)20-12-14-22(15-13-20)38-30(40)27-26(21-9-6-16-35-17-21)29-32(45-28(27)31(38)41)37(34(43)46-29)18-25(39)36-24-11-5-8-19-7-3-4-10-23(19)24/h3-17,26-28H,2,18H2,1H3,(H,36,39)/t26-,27-,28+/m0/s1. The number of hydrogen-bond acceptors (Lipinski definition) is 9. The average molecular weight is 651 g/mol. The molecule has 4 heterocycles. The summed E-state index contributed by atoms with van der Waals surface area (Å²) in [5.41, 5.74) is 1.95. The number of nitrogens with zero attached hydrogens (tertiary/aromatic N) is 3. The Balaban J connectivity index is 1.23. The number of amides is 3. The van der Waals surface area contributed by atoms with Gasteiger partial charge in [-0.1, -0.05) is 65.6 Å². The first kappa shape index (κ1) is 29.6. The number of fused-ring (bicyclic) bond motifs is 3. The number of thiazole rings is 1. The Morgan fingerprint density at radius 1 is 0.935 bits per heavy atom. The third kappa shape index (κ3) is 5.09. The van der Waals surface area contributed by atoms with Gasteiger partial charge in [0.15, 0.2) is 0 Å². The van der Waals surface area contributed by atoms with Crippen LogP contribution in [-0.2, 0) is 25.7 Å². The van der Waals surface area contributed by atoms with E-state index in [2.05, 4.69) is 10.3 Å². The summed E-state index contributed by atoms with van der Waals surface area (Å²) in [5.74, 6) is -3.18. The second-order valence-electron chi connectivity index (χ2n) is 10.8. The van der Waals surface area contributed by atoms with Crippen molar-refractivity contribution in [3.05, 3.63) is 117 Å². The molecule has 10 nitrogen and oxygen atoms in total. The van der Waals surface area contributed by atoms with Crippen molar-refractivity contribution < 1.29 is 23.9 Å². The van der Waals surface area contributed by atoms with Gasteiger partial charge in [-0.3, -0.25) is 28.7 Å². The zero-order chi connectivity index (χ0) is 31.9. The molecule has 3 aromatic carbocycles. The van der Waals surface area contributed by atoms with Gasteiger partial charge in [-0.25, -0.2) is 9.69 Å². The normalized spacial score (nSPS) is 18.7. The Bertz CT molecular complexity index is 2070. The van der Waals surface area contributed by atoms with E-state index in [0.29, 0.717) is 32.4 Å². The van der Waals surface area contributed by atoms with Crippen LogP contribution >= 0.6 is 23.1 Å². The van der Waals surface area contributed by atoms with Gasteiger partial charge in [0.05, 0.1) is 28.8 Å². The van der Waals surface area contributed by atoms with E-state index >= 15 is 0 Å². The molecule has 1 N–H and O–H groups in total. The van der Waals surface area contributed by atoms with Gasteiger partial charge in [0.25, 0.3) is 0 Å². The van der Waals surface area contributed by atoms with Gasteiger partial charge in [-0.15, -0.1) is 0 Å². The number of esters is 1. The summed E-state index contributed by atoms with van der Waals surface area (Å²) in [7, 11) is 0. The first-order valence-corrected chi connectivity index (χ1v) is 16.3. The summed E-state index contributed by atoms with van der Waals surface area (Å²) in [6.07, 6.45) is 3.25. The minimum Gasteiger partial charge on any atom is -0.462 e. The maximum Gasteiger partial charge on any atom is 0.338 e. The number of rotatable bonds is 7. The van der Waals surface area contributed by atoms with Gasteiger partial charge in [0.2, 0.25) is 17.7 Å². The second kappa shape index (κ2) is 12.0. The third-order valence-corrected chi connectivity index (χ3v) is 10.7. The van der Waals surface area contributed by atoms with Crippen molar-refractivity contribution in [3.63, 3.8) is 0 Å². The van der Waals surface area contributed by atoms with Crippen LogP contribution in [0, 0.1) is 5.92 Å². The Morgan fingerprint density at radius 2 is 1.72 bits per heavy atom. The van der Waals surface area contributed by atoms with E-state index in [-0.39, 0.29) is 18.0 Å². The fourth-order valence-electron chi connectivity index (χ4n) is 6.06. The van der Waals surface area contributed by atoms with Crippen molar-refractivity contribution in [1.82, 2.24) is 9.55 Å². The van der Waals surface area contributed by atoms with Crippen LogP contribution < -0.4 is 15.1 Å².